The zero-order valence-electron chi connectivity index (χ0n) is 10.7. The second-order valence-corrected chi connectivity index (χ2v) is 4.95. The quantitative estimate of drug-likeness (QED) is 0.688. The van der Waals surface area contributed by atoms with E-state index in [9.17, 15) is 9.59 Å². The predicted molar refractivity (Wildman–Crippen MR) is 60.8 cm³/mol. The number of hydrogen-bond donors (Lipinski definition) is 0. The van der Waals surface area contributed by atoms with Crippen molar-refractivity contribution in [2.75, 3.05) is 7.11 Å². The van der Waals surface area contributed by atoms with Gasteiger partial charge < -0.3 is 9.64 Å². The number of esters is 1. The fraction of sp³-hybridized carbons (Fsp3) is 0.833. The van der Waals surface area contributed by atoms with Crippen molar-refractivity contribution in [2.24, 2.45) is 5.92 Å². The predicted octanol–water partition coefficient (Wildman–Crippen LogP) is 1.58. The molecule has 0 aromatic carbocycles. The molecule has 1 aliphatic heterocycles. The lowest BCUT2D eigenvalue weighted by Crippen LogP contribution is -2.50. The molecule has 0 aromatic heterocycles. The molecule has 1 heterocycles. The Morgan fingerprint density at radius 2 is 2.19 bits per heavy atom. The number of methoxy groups -OCH3 is 1. The highest BCUT2D eigenvalue weighted by molar-refractivity contribution is 5.88. The van der Waals surface area contributed by atoms with E-state index in [0.29, 0.717) is 0 Å². The van der Waals surface area contributed by atoms with Gasteiger partial charge >= 0.3 is 5.97 Å². The molecule has 0 radical (unpaired) electrons. The van der Waals surface area contributed by atoms with Gasteiger partial charge in [0.15, 0.2) is 0 Å². The van der Waals surface area contributed by atoms with Crippen molar-refractivity contribution in [1.29, 1.82) is 0 Å². The Bertz CT molecular complexity index is 299. The summed E-state index contributed by atoms with van der Waals surface area (Å²) in [6.45, 7) is 7.93. The largest absolute Gasteiger partial charge is 0.469 e. The highest BCUT2D eigenvalue weighted by atomic mass is 16.5. The van der Waals surface area contributed by atoms with Crippen LogP contribution in [-0.2, 0) is 14.3 Å². The van der Waals surface area contributed by atoms with Crippen molar-refractivity contribution in [3.05, 3.63) is 0 Å². The van der Waals surface area contributed by atoms with Crippen LogP contribution in [0.25, 0.3) is 0 Å². The van der Waals surface area contributed by atoms with E-state index < -0.39 is 5.54 Å². The number of carbonyl (C=O) groups excluding carboxylic acids is 2. The van der Waals surface area contributed by atoms with Crippen LogP contribution in [0.5, 0.6) is 0 Å². The zero-order valence-corrected chi connectivity index (χ0v) is 10.7. The summed E-state index contributed by atoms with van der Waals surface area (Å²) in [7, 11) is 1.37. The van der Waals surface area contributed by atoms with Crippen LogP contribution in [0.15, 0.2) is 0 Å². The molecular formula is C12H21NO3. The Balaban J connectivity index is 2.98. The van der Waals surface area contributed by atoms with E-state index in [1.165, 1.54) is 7.11 Å². The van der Waals surface area contributed by atoms with E-state index in [-0.39, 0.29) is 30.3 Å². The summed E-state index contributed by atoms with van der Waals surface area (Å²) in [5.41, 5.74) is -0.445. The Kier molecular flexibility index (Phi) is 3.61. The van der Waals surface area contributed by atoms with Crippen LogP contribution in [0.1, 0.15) is 40.5 Å². The molecule has 16 heavy (non-hydrogen) atoms. The zero-order chi connectivity index (χ0) is 12.5. The minimum absolute atomic E-state index is 0.0507. The maximum absolute atomic E-state index is 11.9. The van der Waals surface area contributed by atoms with Crippen LogP contribution in [0, 0.1) is 5.92 Å². The van der Waals surface area contributed by atoms with E-state index in [0.717, 1.165) is 6.42 Å². The number of carbonyl (C=O) groups is 2. The van der Waals surface area contributed by atoms with Gasteiger partial charge in [-0.25, -0.2) is 0 Å². The maximum atomic E-state index is 11.9. The first-order valence-electron chi connectivity index (χ1n) is 5.76. The molecule has 1 saturated heterocycles. The minimum Gasteiger partial charge on any atom is -0.469 e. The molecule has 1 rings (SSSR count). The summed E-state index contributed by atoms with van der Waals surface area (Å²) in [5, 5.41) is 0. The second kappa shape index (κ2) is 4.44. The van der Waals surface area contributed by atoms with Crippen molar-refractivity contribution in [2.45, 2.75) is 52.1 Å². The molecule has 0 saturated carbocycles. The average Bonchev–Trinajstić information content (AvgIpc) is 2.47. The topological polar surface area (TPSA) is 46.6 Å². The fourth-order valence-corrected chi connectivity index (χ4v) is 2.52. The molecule has 4 heteroatoms. The molecule has 0 aromatic rings. The first kappa shape index (κ1) is 13.0. The first-order valence-corrected chi connectivity index (χ1v) is 5.76. The summed E-state index contributed by atoms with van der Waals surface area (Å²) in [4.78, 5) is 25.4. The Morgan fingerprint density at radius 1 is 1.62 bits per heavy atom. The molecular weight excluding hydrogens is 206 g/mol. The van der Waals surface area contributed by atoms with Crippen molar-refractivity contribution in [3.63, 3.8) is 0 Å². The Hall–Kier alpha value is -1.06. The van der Waals surface area contributed by atoms with Gasteiger partial charge in [-0.3, -0.25) is 9.59 Å². The Labute approximate surface area is 96.9 Å². The molecule has 1 amide bonds. The molecule has 1 fully saturated rings. The van der Waals surface area contributed by atoms with Gasteiger partial charge in [0.25, 0.3) is 0 Å². The lowest BCUT2D eigenvalue weighted by Gasteiger charge is -2.38. The normalized spacial score (nSPS) is 25.7. The lowest BCUT2D eigenvalue weighted by molar-refractivity contribution is -0.148. The molecule has 0 bridgehead atoms. The summed E-state index contributed by atoms with van der Waals surface area (Å²) in [6, 6.07) is 0.164. The van der Waals surface area contributed by atoms with Gasteiger partial charge in [0, 0.05) is 12.5 Å². The first-order chi connectivity index (χ1) is 7.36. The molecule has 0 N–H and O–H groups in total. The molecule has 2 unspecified atom stereocenters. The van der Waals surface area contributed by atoms with E-state index in [2.05, 4.69) is 0 Å². The minimum atomic E-state index is -0.445. The number of likely N-dealkylation sites (tertiary alicyclic amines) is 1. The monoisotopic (exact) mass is 227 g/mol. The van der Waals surface area contributed by atoms with Crippen LogP contribution >= 0.6 is 0 Å². The third kappa shape index (κ3) is 1.93. The fourth-order valence-electron chi connectivity index (χ4n) is 2.52. The van der Waals surface area contributed by atoms with Gasteiger partial charge in [0.05, 0.1) is 18.6 Å². The number of hydrogen-bond acceptors (Lipinski definition) is 3. The molecule has 2 atom stereocenters. The summed E-state index contributed by atoms with van der Waals surface area (Å²) in [5.74, 6) is -0.585. The van der Waals surface area contributed by atoms with Gasteiger partial charge in [-0.2, -0.15) is 0 Å². The van der Waals surface area contributed by atoms with Crippen LogP contribution in [0.2, 0.25) is 0 Å². The van der Waals surface area contributed by atoms with E-state index in [1.54, 1.807) is 0 Å². The third-order valence-corrected chi connectivity index (χ3v) is 3.64. The van der Waals surface area contributed by atoms with Gasteiger partial charge in [0.2, 0.25) is 5.91 Å². The highest BCUT2D eigenvalue weighted by Crippen LogP contribution is 2.38. The smallest absolute Gasteiger partial charge is 0.311 e. The maximum Gasteiger partial charge on any atom is 0.311 e. The third-order valence-electron chi connectivity index (χ3n) is 3.64. The number of nitrogens with zero attached hydrogens (tertiary/aromatic N) is 1. The second-order valence-electron chi connectivity index (χ2n) is 4.95. The van der Waals surface area contributed by atoms with Crippen molar-refractivity contribution in [3.8, 4) is 0 Å². The number of amides is 1. The van der Waals surface area contributed by atoms with Crippen LogP contribution in [0.3, 0.4) is 0 Å². The van der Waals surface area contributed by atoms with Gasteiger partial charge in [-0.1, -0.05) is 6.92 Å². The van der Waals surface area contributed by atoms with Gasteiger partial charge in [-0.15, -0.1) is 0 Å². The molecule has 1 aliphatic rings. The van der Waals surface area contributed by atoms with E-state index in [4.69, 9.17) is 4.74 Å². The summed E-state index contributed by atoms with van der Waals surface area (Å²) >= 11 is 0. The SMILES string of the molecule is CCC(C)N1C(=O)CC(C(=O)OC)C1(C)C. The lowest BCUT2D eigenvalue weighted by atomic mass is 9.88. The number of ether oxygens (including phenoxy) is 1. The number of rotatable bonds is 3. The van der Waals surface area contributed by atoms with Crippen molar-refractivity contribution < 1.29 is 14.3 Å². The summed E-state index contributed by atoms with van der Waals surface area (Å²) < 4.78 is 4.76. The van der Waals surface area contributed by atoms with Crippen molar-refractivity contribution in [1.82, 2.24) is 4.90 Å². The van der Waals surface area contributed by atoms with Crippen LogP contribution in [-0.4, -0.2) is 35.5 Å². The standard InChI is InChI=1S/C12H21NO3/c1-6-8(2)13-10(14)7-9(11(15)16-5)12(13,3)4/h8-9H,6-7H2,1-5H3. The van der Waals surface area contributed by atoms with Gasteiger partial charge in [-0.05, 0) is 27.2 Å². The molecule has 0 aliphatic carbocycles. The highest BCUT2D eigenvalue weighted by Gasteiger charge is 2.51. The molecule has 0 spiro atoms. The average molecular weight is 227 g/mol. The molecule has 92 valence electrons. The Morgan fingerprint density at radius 3 is 2.62 bits per heavy atom. The van der Waals surface area contributed by atoms with Crippen molar-refractivity contribution >= 4 is 11.9 Å². The van der Waals surface area contributed by atoms with E-state index in [1.807, 2.05) is 32.6 Å². The molecule has 4 nitrogen and oxygen atoms in total. The van der Waals surface area contributed by atoms with Gasteiger partial charge in [0.1, 0.15) is 0 Å². The van der Waals surface area contributed by atoms with Crippen LogP contribution < -0.4 is 0 Å². The summed E-state index contributed by atoms with van der Waals surface area (Å²) in [6.07, 6.45) is 1.16. The van der Waals surface area contributed by atoms with E-state index >= 15 is 0 Å². The van der Waals surface area contributed by atoms with Crippen LogP contribution in [0.4, 0.5) is 0 Å².